The van der Waals surface area contributed by atoms with Crippen LogP contribution in [0.3, 0.4) is 0 Å². The Morgan fingerprint density at radius 1 is 0.833 bits per heavy atom. The molecule has 0 atom stereocenters. The third-order valence-corrected chi connectivity index (χ3v) is 7.99. The van der Waals surface area contributed by atoms with Gasteiger partial charge in [0.25, 0.3) is 0 Å². The van der Waals surface area contributed by atoms with E-state index in [0.29, 0.717) is 48.6 Å². The summed E-state index contributed by atoms with van der Waals surface area (Å²) in [6.07, 6.45) is 5.82. The summed E-state index contributed by atoms with van der Waals surface area (Å²) in [5.41, 5.74) is 0. The molecule has 0 spiro atoms. The first-order valence-corrected chi connectivity index (χ1v) is 13.3. The highest BCUT2D eigenvalue weighted by Gasteiger charge is 2.38. The second kappa shape index (κ2) is 12.4. The number of hydrogen-bond acceptors (Lipinski definition) is 4. The molecule has 204 valence electrons. The molecule has 2 saturated carbocycles. The van der Waals surface area contributed by atoms with Crippen molar-refractivity contribution in [2.24, 2.45) is 23.7 Å². The van der Waals surface area contributed by atoms with Gasteiger partial charge in [-0.15, -0.1) is 0 Å². The summed E-state index contributed by atoms with van der Waals surface area (Å²) in [7, 11) is 0. The molecule has 2 aliphatic carbocycles. The van der Waals surface area contributed by atoms with Gasteiger partial charge in [0.2, 0.25) is 0 Å². The topological polar surface area (TPSA) is 36.9 Å². The predicted molar refractivity (Wildman–Crippen MR) is 123 cm³/mol. The van der Waals surface area contributed by atoms with Crippen LogP contribution in [0, 0.1) is 41.1 Å². The first-order valence-electron chi connectivity index (χ1n) is 13.3. The van der Waals surface area contributed by atoms with Gasteiger partial charge in [0.1, 0.15) is 5.75 Å². The SMILES string of the molecule is CCCC1COC(C2CCC(C3CCC(OCC(F)(F)Oc4cc(F)c(F)c(F)c4)CC3)CC2)OC1. The summed E-state index contributed by atoms with van der Waals surface area (Å²) in [6, 6.07) is 0.782. The number of halogens is 5. The van der Waals surface area contributed by atoms with Crippen LogP contribution in [0.5, 0.6) is 5.75 Å². The van der Waals surface area contributed by atoms with Crippen LogP contribution >= 0.6 is 0 Å². The van der Waals surface area contributed by atoms with Crippen LogP contribution in [0.1, 0.15) is 71.1 Å². The molecule has 1 aliphatic heterocycles. The van der Waals surface area contributed by atoms with Gasteiger partial charge in [-0.3, -0.25) is 0 Å². The van der Waals surface area contributed by atoms with Crippen LogP contribution in [0.2, 0.25) is 0 Å². The third-order valence-electron chi connectivity index (χ3n) is 7.99. The number of alkyl halides is 2. The van der Waals surface area contributed by atoms with Gasteiger partial charge >= 0.3 is 6.11 Å². The Morgan fingerprint density at radius 2 is 1.36 bits per heavy atom. The van der Waals surface area contributed by atoms with Crippen molar-refractivity contribution in [3.63, 3.8) is 0 Å². The second-order valence-electron chi connectivity index (χ2n) is 10.7. The van der Waals surface area contributed by atoms with Crippen molar-refractivity contribution in [1.82, 2.24) is 0 Å². The molecule has 0 aromatic heterocycles. The van der Waals surface area contributed by atoms with E-state index in [1.807, 2.05) is 0 Å². The minimum atomic E-state index is -3.79. The quantitative estimate of drug-likeness (QED) is 0.254. The van der Waals surface area contributed by atoms with Gasteiger partial charge in [0, 0.05) is 24.0 Å². The lowest BCUT2D eigenvalue weighted by atomic mass is 9.70. The lowest BCUT2D eigenvalue weighted by Gasteiger charge is -2.41. The van der Waals surface area contributed by atoms with E-state index in [0.717, 1.165) is 64.6 Å². The molecule has 0 unspecified atom stereocenters. The fraction of sp³-hybridized carbons (Fsp3) is 0.778. The summed E-state index contributed by atoms with van der Waals surface area (Å²) in [5, 5.41) is 0. The van der Waals surface area contributed by atoms with Crippen molar-refractivity contribution in [2.45, 2.75) is 89.6 Å². The number of rotatable bonds is 9. The molecule has 4 nitrogen and oxygen atoms in total. The Morgan fingerprint density at radius 3 is 1.92 bits per heavy atom. The lowest BCUT2D eigenvalue weighted by Crippen LogP contribution is -2.39. The molecule has 3 fully saturated rings. The highest BCUT2D eigenvalue weighted by Crippen LogP contribution is 2.42. The van der Waals surface area contributed by atoms with Crippen LogP contribution in [0.4, 0.5) is 22.0 Å². The van der Waals surface area contributed by atoms with Crippen molar-refractivity contribution < 1.29 is 40.9 Å². The largest absolute Gasteiger partial charge is 0.431 e. The van der Waals surface area contributed by atoms with Crippen molar-refractivity contribution in [3.8, 4) is 5.75 Å². The number of ether oxygens (including phenoxy) is 4. The average Bonchev–Trinajstić information content (AvgIpc) is 2.87. The first-order chi connectivity index (χ1) is 17.2. The summed E-state index contributed by atoms with van der Waals surface area (Å²) in [4.78, 5) is 0. The van der Waals surface area contributed by atoms with Gasteiger partial charge in [-0.2, -0.15) is 8.78 Å². The Labute approximate surface area is 209 Å². The molecule has 0 radical (unpaired) electrons. The van der Waals surface area contributed by atoms with Gasteiger partial charge in [0.05, 0.1) is 19.3 Å². The Bertz CT molecular complexity index is 806. The maximum atomic E-state index is 14.1. The zero-order valence-corrected chi connectivity index (χ0v) is 20.8. The van der Waals surface area contributed by atoms with E-state index in [1.54, 1.807) is 0 Å². The third kappa shape index (κ3) is 7.32. The minimum Gasteiger partial charge on any atom is -0.431 e. The van der Waals surface area contributed by atoms with Crippen LogP contribution in [0.25, 0.3) is 0 Å². The fourth-order valence-corrected chi connectivity index (χ4v) is 6.03. The van der Waals surface area contributed by atoms with Crippen molar-refractivity contribution in [1.29, 1.82) is 0 Å². The van der Waals surface area contributed by atoms with Gasteiger partial charge in [-0.05, 0) is 69.6 Å². The molecule has 1 aromatic rings. The molecule has 0 N–H and O–H groups in total. The van der Waals surface area contributed by atoms with Crippen LogP contribution in [-0.2, 0) is 14.2 Å². The molecular weight excluding hydrogens is 483 g/mol. The molecule has 36 heavy (non-hydrogen) atoms. The highest BCUT2D eigenvalue weighted by atomic mass is 19.3. The number of hydrogen-bond donors (Lipinski definition) is 0. The summed E-state index contributed by atoms with van der Waals surface area (Å²) >= 11 is 0. The lowest BCUT2D eigenvalue weighted by molar-refractivity contribution is -0.231. The Balaban J connectivity index is 1.15. The maximum absolute atomic E-state index is 14.1. The fourth-order valence-electron chi connectivity index (χ4n) is 6.03. The van der Waals surface area contributed by atoms with E-state index in [-0.39, 0.29) is 12.4 Å². The Kier molecular flexibility index (Phi) is 9.50. The van der Waals surface area contributed by atoms with E-state index in [9.17, 15) is 22.0 Å². The zero-order chi connectivity index (χ0) is 25.7. The van der Waals surface area contributed by atoms with Crippen molar-refractivity contribution >= 4 is 0 Å². The second-order valence-corrected chi connectivity index (χ2v) is 10.7. The summed E-state index contributed by atoms with van der Waals surface area (Å²) in [6.45, 7) is 2.74. The van der Waals surface area contributed by atoms with Crippen molar-refractivity contribution in [2.75, 3.05) is 19.8 Å². The standard InChI is InChI=1S/C27H37F5O4/c1-2-3-17-14-33-26(34-15-17)20-6-4-18(5-7-20)19-8-10-21(11-9-19)35-16-27(31,32)36-22-12-23(28)25(30)24(29)13-22/h12-13,17-21,26H,2-11,14-16H2,1H3. The van der Waals surface area contributed by atoms with Crippen LogP contribution in [-0.4, -0.2) is 38.3 Å². The Hall–Kier alpha value is -1.45. The van der Waals surface area contributed by atoms with Crippen LogP contribution < -0.4 is 4.74 Å². The number of benzene rings is 1. The molecule has 3 aliphatic rings. The normalized spacial score (nSPS) is 31.8. The average molecular weight is 521 g/mol. The highest BCUT2D eigenvalue weighted by molar-refractivity contribution is 5.25. The zero-order valence-electron chi connectivity index (χ0n) is 20.8. The smallest absolute Gasteiger partial charge is 0.421 e. The van der Waals surface area contributed by atoms with Crippen LogP contribution in [0.15, 0.2) is 12.1 Å². The van der Waals surface area contributed by atoms with E-state index in [1.165, 1.54) is 0 Å². The first kappa shape index (κ1) is 27.6. The molecule has 1 saturated heterocycles. The molecule has 0 amide bonds. The predicted octanol–water partition coefficient (Wildman–Crippen LogP) is 7.25. The monoisotopic (exact) mass is 520 g/mol. The van der Waals surface area contributed by atoms with E-state index >= 15 is 0 Å². The summed E-state index contributed by atoms with van der Waals surface area (Å²) < 4.78 is 89.6. The molecule has 9 heteroatoms. The van der Waals surface area contributed by atoms with E-state index < -0.39 is 35.9 Å². The van der Waals surface area contributed by atoms with E-state index in [2.05, 4.69) is 11.7 Å². The van der Waals surface area contributed by atoms with Gasteiger partial charge in [0.15, 0.2) is 30.3 Å². The molecule has 1 heterocycles. The molecule has 1 aromatic carbocycles. The van der Waals surface area contributed by atoms with E-state index in [4.69, 9.17) is 14.2 Å². The molecule has 4 rings (SSSR count). The van der Waals surface area contributed by atoms with Gasteiger partial charge in [-0.25, -0.2) is 13.2 Å². The van der Waals surface area contributed by atoms with Gasteiger partial charge in [-0.1, -0.05) is 13.3 Å². The summed E-state index contributed by atoms with van der Waals surface area (Å²) in [5.74, 6) is -3.54. The molecule has 0 bridgehead atoms. The van der Waals surface area contributed by atoms with Crippen molar-refractivity contribution in [3.05, 3.63) is 29.6 Å². The molecular formula is C27H37F5O4. The minimum absolute atomic E-state index is 0.0741. The maximum Gasteiger partial charge on any atom is 0.421 e. The van der Waals surface area contributed by atoms with Gasteiger partial charge < -0.3 is 18.9 Å².